The number of likely N-dealkylation sites (N-methyl/N-ethyl adjacent to an activating group) is 1. The standard InChI is InChI=1S/C13H21BrN2O/c1-3-6-15-10-11-4-5-12(9-13(11)14)16(2)7-8-17/h4-5,9,15,17H,3,6-8,10H2,1-2H3. The summed E-state index contributed by atoms with van der Waals surface area (Å²) in [6.07, 6.45) is 1.15. The molecule has 4 heteroatoms. The van der Waals surface area contributed by atoms with Gasteiger partial charge in [0.1, 0.15) is 0 Å². The fourth-order valence-electron chi connectivity index (χ4n) is 1.60. The number of nitrogens with zero attached hydrogens (tertiary/aromatic N) is 1. The van der Waals surface area contributed by atoms with Crippen LogP contribution in [-0.4, -0.2) is 31.9 Å². The molecule has 2 N–H and O–H groups in total. The van der Waals surface area contributed by atoms with Gasteiger partial charge in [0.15, 0.2) is 0 Å². The summed E-state index contributed by atoms with van der Waals surface area (Å²) < 4.78 is 1.11. The van der Waals surface area contributed by atoms with Crippen molar-refractivity contribution in [2.75, 3.05) is 31.6 Å². The molecular formula is C13H21BrN2O. The van der Waals surface area contributed by atoms with Crippen LogP contribution in [0.25, 0.3) is 0 Å². The molecule has 0 unspecified atom stereocenters. The van der Waals surface area contributed by atoms with Crippen LogP contribution in [0.5, 0.6) is 0 Å². The van der Waals surface area contributed by atoms with Crippen LogP contribution in [-0.2, 0) is 6.54 Å². The van der Waals surface area contributed by atoms with E-state index < -0.39 is 0 Å². The topological polar surface area (TPSA) is 35.5 Å². The van der Waals surface area contributed by atoms with Gasteiger partial charge < -0.3 is 15.3 Å². The van der Waals surface area contributed by atoms with E-state index in [1.54, 1.807) is 0 Å². The Morgan fingerprint density at radius 1 is 1.41 bits per heavy atom. The highest BCUT2D eigenvalue weighted by atomic mass is 79.9. The monoisotopic (exact) mass is 300 g/mol. The zero-order valence-electron chi connectivity index (χ0n) is 10.5. The predicted molar refractivity (Wildman–Crippen MR) is 76.5 cm³/mol. The molecule has 0 fully saturated rings. The van der Waals surface area contributed by atoms with E-state index in [9.17, 15) is 0 Å². The Kier molecular flexibility index (Phi) is 6.55. The van der Waals surface area contributed by atoms with Crippen LogP contribution in [0.15, 0.2) is 22.7 Å². The van der Waals surface area contributed by atoms with E-state index in [1.165, 1.54) is 5.56 Å². The lowest BCUT2D eigenvalue weighted by Crippen LogP contribution is -2.21. The Morgan fingerprint density at radius 3 is 2.76 bits per heavy atom. The number of halogens is 1. The van der Waals surface area contributed by atoms with Crippen molar-refractivity contribution in [1.29, 1.82) is 0 Å². The van der Waals surface area contributed by atoms with Crippen LogP contribution < -0.4 is 10.2 Å². The Balaban J connectivity index is 2.65. The first-order chi connectivity index (χ1) is 8.19. The van der Waals surface area contributed by atoms with Gasteiger partial charge >= 0.3 is 0 Å². The fourth-order valence-corrected chi connectivity index (χ4v) is 2.10. The summed E-state index contributed by atoms with van der Waals surface area (Å²) in [5, 5.41) is 12.3. The number of aliphatic hydroxyl groups excluding tert-OH is 1. The molecule has 0 bridgehead atoms. The number of benzene rings is 1. The third-order valence-electron chi connectivity index (χ3n) is 2.66. The van der Waals surface area contributed by atoms with Gasteiger partial charge in [-0.3, -0.25) is 0 Å². The van der Waals surface area contributed by atoms with Crippen molar-refractivity contribution in [3.63, 3.8) is 0 Å². The van der Waals surface area contributed by atoms with Crippen molar-refractivity contribution in [3.8, 4) is 0 Å². The van der Waals surface area contributed by atoms with Gasteiger partial charge in [0.2, 0.25) is 0 Å². The number of hydrogen-bond acceptors (Lipinski definition) is 3. The second-order valence-electron chi connectivity index (χ2n) is 4.10. The molecule has 0 saturated heterocycles. The van der Waals surface area contributed by atoms with Gasteiger partial charge in [0.25, 0.3) is 0 Å². The van der Waals surface area contributed by atoms with E-state index >= 15 is 0 Å². The van der Waals surface area contributed by atoms with Crippen molar-refractivity contribution < 1.29 is 5.11 Å². The van der Waals surface area contributed by atoms with Gasteiger partial charge in [-0.05, 0) is 30.7 Å². The Morgan fingerprint density at radius 2 is 2.18 bits per heavy atom. The smallest absolute Gasteiger partial charge is 0.0606 e. The molecule has 0 radical (unpaired) electrons. The maximum Gasteiger partial charge on any atom is 0.0606 e. The van der Waals surface area contributed by atoms with Crippen molar-refractivity contribution in [3.05, 3.63) is 28.2 Å². The van der Waals surface area contributed by atoms with Gasteiger partial charge in [-0.25, -0.2) is 0 Å². The first kappa shape index (κ1) is 14.5. The molecule has 0 aliphatic rings. The lowest BCUT2D eigenvalue weighted by atomic mass is 10.2. The van der Waals surface area contributed by atoms with Gasteiger partial charge in [0.05, 0.1) is 6.61 Å². The first-order valence-corrected chi connectivity index (χ1v) is 6.79. The summed E-state index contributed by atoms with van der Waals surface area (Å²) in [5.41, 5.74) is 2.38. The molecule has 1 aromatic carbocycles. The minimum absolute atomic E-state index is 0.175. The molecule has 0 aliphatic heterocycles. The largest absolute Gasteiger partial charge is 0.395 e. The van der Waals surface area contributed by atoms with E-state index in [2.05, 4.69) is 46.4 Å². The summed E-state index contributed by atoms with van der Waals surface area (Å²) >= 11 is 3.59. The molecular weight excluding hydrogens is 280 g/mol. The van der Waals surface area contributed by atoms with E-state index in [-0.39, 0.29) is 6.61 Å². The summed E-state index contributed by atoms with van der Waals surface area (Å²) in [5.74, 6) is 0. The zero-order valence-corrected chi connectivity index (χ0v) is 12.1. The van der Waals surface area contributed by atoms with E-state index in [0.717, 1.165) is 29.7 Å². The average Bonchev–Trinajstić information content (AvgIpc) is 2.31. The molecule has 0 atom stereocenters. The second kappa shape index (κ2) is 7.69. The highest BCUT2D eigenvalue weighted by molar-refractivity contribution is 9.10. The molecule has 0 amide bonds. The molecule has 0 heterocycles. The summed E-state index contributed by atoms with van der Waals surface area (Å²) in [4.78, 5) is 2.04. The van der Waals surface area contributed by atoms with Gasteiger partial charge in [-0.1, -0.05) is 28.9 Å². The molecule has 17 heavy (non-hydrogen) atoms. The maximum absolute atomic E-state index is 8.90. The predicted octanol–water partition coefficient (Wildman–Crippen LogP) is 2.38. The second-order valence-corrected chi connectivity index (χ2v) is 4.95. The molecule has 3 nitrogen and oxygen atoms in total. The Labute approximate surface area is 112 Å². The van der Waals surface area contributed by atoms with Crippen LogP contribution in [0.4, 0.5) is 5.69 Å². The van der Waals surface area contributed by atoms with Crippen molar-refractivity contribution in [2.24, 2.45) is 0 Å². The first-order valence-electron chi connectivity index (χ1n) is 6.00. The molecule has 0 aromatic heterocycles. The van der Waals surface area contributed by atoms with Crippen molar-refractivity contribution in [1.82, 2.24) is 5.32 Å². The molecule has 96 valence electrons. The number of anilines is 1. The summed E-state index contributed by atoms with van der Waals surface area (Å²) in [6, 6.07) is 6.30. The quantitative estimate of drug-likeness (QED) is 0.759. The number of aliphatic hydroxyl groups is 1. The summed E-state index contributed by atoms with van der Waals surface area (Å²) in [6.45, 7) is 4.92. The minimum atomic E-state index is 0.175. The van der Waals surface area contributed by atoms with Gasteiger partial charge in [0, 0.05) is 30.3 Å². The van der Waals surface area contributed by atoms with Gasteiger partial charge in [-0.2, -0.15) is 0 Å². The Hall–Kier alpha value is -0.580. The molecule has 0 saturated carbocycles. The van der Waals surface area contributed by atoms with Crippen LogP contribution in [0.1, 0.15) is 18.9 Å². The average molecular weight is 301 g/mol. The maximum atomic E-state index is 8.90. The lowest BCUT2D eigenvalue weighted by Gasteiger charge is -2.19. The van der Waals surface area contributed by atoms with E-state index in [0.29, 0.717) is 6.54 Å². The third kappa shape index (κ3) is 4.66. The molecule has 1 aromatic rings. The highest BCUT2D eigenvalue weighted by Crippen LogP contribution is 2.23. The minimum Gasteiger partial charge on any atom is -0.395 e. The normalized spacial score (nSPS) is 10.6. The van der Waals surface area contributed by atoms with Crippen molar-refractivity contribution >= 4 is 21.6 Å². The Bertz CT molecular complexity index is 344. The van der Waals surface area contributed by atoms with Gasteiger partial charge in [-0.15, -0.1) is 0 Å². The molecule has 0 aliphatic carbocycles. The van der Waals surface area contributed by atoms with Crippen LogP contribution in [0, 0.1) is 0 Å². The highest BCUT2D eigenvalue weighted by Gasteiger charge is 2.04. The van der Waals surface area contributed by atoms with Crippen molar-refractivity contribution in [2.45, 2.75) is 19.9 Å². The molecule has 1 rings (SSSR count). The third-order valence-corrected chi connectivity index (χ3v) is 3.39. The zero-order chi connectivity index (χ0) is 12.7. The lowest BCUT2D eigenvalue weighted by molar-refractivity contribution is 0.304. The van der Waals surface area contributed by atoms with Crippen LogP contribution in [0.2, 0.25) is 0 Å². The molecule has 0 spiro atoms. The van der Waals surface area contributed by atoms with E-state index in [4.69, 9.17) is 5.11 Å². The SMILES string of the molecule is CCCNCc1ccc(N(C)CCO)cc1Br. The number of rotatable bonds is 7. The number of hydrogen-bond donors (Lipinski definition) is 2. The summed E-state index contributed by atoms with van der Waals surface area (Å²) in [7, 11) is 1.98. The van der Waals surface area contributed by atoms with E-state index in [1.807, 2.05) is 11.9 Å². The fraction of sp³-hybridized carbons (Fsp3) is 0.538. The number of nitrogens with one attached hydrogen (secondary N) is 1. The van der Waals surface area contributed by atoms with Crippen LogP contribution >= 0.6 is 15.9 Å². The van der Waals surface area contributed by atoms with Crippen LogP contribution in [0.3, 0.4) is 0 Å².